The Balaban J connectivity index is 1.88. The molecule has 1 fully saturated rings. The van der Waals surface area contributed by atoms with E-state index in [0.29, 0.717) is 11.1 Å². The number of esters is 1. The van der Waals surface area contributed by atoms with Gasteiger partial charge in [-0.3, -0.25) is 9.69 Å². The molecule has 0 aromatic carbocycles. The van der Waals surface area contributed by atoms with Crippen LogP contribution >= 0.6 is 22.9 Å². The topological polar surface area (TPSA) is 42.4 Å². The molecular weight excluding hydrogens is 272 g/mol. The summed E-state index contributed by atoms with van der Waals surface area (Å²) in [5.74, 6) is -0.0494. The number of hydrogen-bond donors (Lipinski definition) is 0. The lowest BCUT2D eigenvalue weighted by molar-refractivity contribution is -0.150. The first kappa shape index (κ1) is 13.8. The van der Waals surface area contributed by atoms with E-state index in [1.54, 1.807) is 6.20 Å². The minimum absolute atomic E-state index is 0.0158. The molecule has 0 radical (unpaired) electrons. The Bertz CT molecular complexity index is 411. The maximum absolute atomic E-state index is 11.7. The molecule has 1 aromatic heterocycles. The fraction of sp³-hybridized carbons (Fsp3) is 0.667. The molecule has 100 valence electrons. The molecule has 0 bridgehead atoms. The van der Waals surface area contributed by atoms with E-state index in [4.69, 9.17) is 16.3 Å². The van der Waals surface area contributed by atoms with Crippen LogP contribution in [0.25, 0.3) is 0 Å². The molecule has 0 spiro atoms. The number of rotatable bonds is 4. The van der Waals surface area contributed by atoms with Gasteiger partial charge in [-0.15, -0.1) is 11.3 Å². The molecule has 6 heteroatoms. The van der Waals surface area contributed by atoms with Gasteiger partial charge in [-0.05, 0) is 26.3 Å². The molecule has 4 nitrogen and oxygen atoms in total. The zero-order chi connectivity index (χ0) is 13.0. The van der Waals surface area contributed by atoms with Crippen molar-refractivity contribution >= 4 is 28.9 Å². The molecule has 2 heterocycles. The summed E-state index contributed by atoms with van der Waals surface area (Å²) in [6, 6.07) is 0. The summed E-state index contributed by atoms with van der Waals surface area (Å²) >= 11 is 7.31. The van der Waals surface area contributed by atoms with Crippen LogP contribution in [0.5, 0.6) is 0 Å². The molecule has 0 saturated carbocycles. The molecule has 1 saturated heterocycles. The summed E-state index contributed by atoms with van der Waals surface area (Å²) in [6.07, 6.45) is 3.77. The lowest BCUT2D eigenvalue weighted by Gasteiger charge is -2.30. The second-order valence-corrected chi connectivity index (χ2v) is 6.10. The number of thiazole rings is 1. The summed E-state index contributed by atoms with van der Waals surface area (Å²) in [5.41, 5.74) is 0. The van der Waals surface area contributed by atoms with Gasteiger partial charge in [0.2, 0.25) is 0 Å². The quantitative estimate of drug-likeness (QED) is 0.799. The van der Waals surface area contributed by atoms with Crippen molar-refractivity contribution in [2.45, 2.75) is 26.3 Å². The van der Waals surface area contributed by atoms with Crippen LogP contribution in [0.1, 0.15) is 24.6 Å². The highest BCUT2D eigenvalue weighted by molar-refractivity contribution is 7.15. The molecule has 2 rings (SSSR count). The molecule has 0 N–H and O–H groups in total. The molecule has 1 atom stereocenters. The molecule has 1 aromatic rings. The number of likely N-dealkylation sites (tertiary alicyclic amines) is 1. The number of carbonyl (C=O) groups is 1. The average molecular weight is 289 g/mol. The van der Waals surface area contributed by atoms with Gasteiger partial charge in [-0.25, -0.2) is 4.98 Å². The van der Waals surface area contributed by atoms with Crippen LogP contribution in [0.2, 0.25) is 4.47 Å². The lowest BCUT2D eigenvalue weighted by Crippen LogP contribution is -2.38. The third-order valence-corrected chi connectivity index (χ3v) is 4.13. The zero-order valence-corrected chi connectivity index (χ0v) is 12.0. The first-order chi connectivity index (χ1) is 8.69. The number of ether oxygens (including phenoxy) is 1. The molecule has 1 aliphatic rings. The van der Waals surface area contributed by atoms with Gasteiger partial charge in [0.25, 0.3) is 0 Å². The standard InChI is InChI=1S/C12H17ClN2O2S/c1-2-17-11(16)9-4-3-5-15(7-9)8-10-6-14-12(13)18-10/h6,9H,2-5,7-8H2,1H3/t9-/m0/s1. The van der Waals surface area contributed by atoms with Gasteiger partial charge >= 0.3 is 5.97 Å². The summed E-state index contributed by atoms with van der Waals surface area (Å²) in [5, 5.41) is 0. The SMILES string of the molecule is CCOC(=O)[C@H]1CCCN(Cc2cnc(Cl)s2)C1. The molecule has 18 heavy (non-hydrogen) atoms. The fourth-order valence-electron chi connectivity index (χ4n) is 2.23. The van der Waals surface area contributed by atoms with Crippen LogP contribution < -0.4 is 0 Å². The maximum atomic E-state index is 11.7. The fourth-order valence-corrected chi connectivity index (χ4v) is 3.25. The number of nitrogens with zero attached hydrogens (tertiary/aromatic N) is 2. The van der Waals surface area contributed by atoms with Crippen molar-refractivity contribution in [3.63, 3.8) is 0 Å². The number of halogens is 1. The lowest BCUT2D eigenvalue weighted by atomic mass is 9.98. The van der Waals surface area contributed by atoms with E-state index in [2.05, 4.69) is 9.88 Å². The van der Waals surface area contributed by atoms with Crippen molar-refractivity contribution in [2.24, 2.45) is 5.92 Å². The number of piperidine rings is 1. The molecule has 1 aliphatic heterocycles. The molecule has 0 aliphatic carbocycles. The van der Waals surface area contributed by atoms with E-state index in [0.717, 1.165) is 37.4 Å². The molecule has 0 unspecified atom stereocenters. The minimum Gasteiger partial charge on any atom is -0.466 e. The van der Waals surface area contributed by atoms with Crippen LogP contribution in [-0.2, 0) is 16.1 Å². The first-order valence-electron chi connectivity index (χ1n) is 6.18. The zero-order valence-electron chi connectivity index (χ0n) is 10.4. The summed E-state index contributed by atoms with van der Waals surface area (Å²) < 4.78 is 5.66. The second-order valence-electron chi connectivity index (χ2n) is 4.41. The third-order valence-electron chi connectivity index (χ3n) is 3.03. The van der Waals surface area contributed by atoms with Crippen LogP contribution in [0.4, 0.5) is 0 Å². The third kappa shape index (κ3) is 3.67. The normalized spacial score (nSPS) is 20.9. The largest absolute Gasteiger partial charge is 0.466 e. The van der Waals surface area contributed by atoms with E-state index in [-0.39, 0.29) is 11.9 Å². The summed E-state index contributed by atoms with van der Waals surface area (Å²) in [6.45, 7) is 4.91. The van der Waals surface area contributed by atoms with Crippen LogP contribution in [0, 0.1) is 5.92 Å². The Morgan fingerprint density at radius 3 is 3.22 bits per heavy atom. The van der Waals surface area contributed by atoms with Gasteiger partial charge in [0.15, 0.2) is 4.47 Å². The van der Waals surface area contributed by atoms with E-state index in [9.17, 15) is 4.79 Å². The Labute approximate surface area is 116 Å². The second kappa shape index (κ2) is 6.50. The maximum Gasteiger partial charge on any atom is 0.310 e. The highest BCUT2D eigenvalue weighted by Crippen LogP contribution is 2.23. The van der Waals surface area contributed by atoms with Crippen molar-refractivity contribution in [3.8, 4) is 0 Å². The predicted molar refractivity (Wildman–Crippen MR) is 71.8 cm³/mol. The van der Waals surface area contributed by atoms with Gasteiger partial charge in [0.1, 0.15) is 0 Å². The molecule has 0 amide bonds. The van der Waals surface area contributed by atoms with Gasteiger partial charge in [0, 0.05) is 24.2 Å². The highest BCUT2D eigenvalue weighted by atomic mass is 35.5. The Hall–Kier alpha value is -0.650. The Morgan fingerprint density at radius 1 is 1.72 bits per heavy atom. The average Bonchev–Trinajstić information content (AvgIpc) is 2.75. The summed E-state index contributed by atoms with van der Waals surface area (Å²) in [7, 11) is 0. The summed E-state index contributed by atoms with van der Waals surface area (Å²) in [4.78, 5) is 19.2. The Kier molecular flexibility index (Phi) is 4.97. The van der Waals surface area contributed by atoms with Crippen molar-refractivity contribution in [1.82, 2.24) is 9.88 Å². The highest BCUT2D eigenvalue weighted by Gasteiger charge is 2.26. The van der Waals surface area contributed by atoms with E-state index in [1.807, 2.05) is 6.92 Å². The van der Waals surface area contributed by atoms with Crippen molar-refractivity contribution < 1.29 is 9.53 Å². The van der Waals surface area contributed by atoms with Crippen LogP contribution in [0.15, 0.2) is 6.20 Å². The van der Waals surface area contributed by atoms with E-state index < -0.39 is 0 Å². The smallest absolute Gasteiger partial charge is 0.310 e. The number of aromatic nitrogens is 1. The number of carbonyl (C=O) groups excluding carboxylic acids is 1. The number of hydrogen-bond acceptors (Lipinski definition) is 5. The van der Waals surface area contributed by atoms with E-state index >= 15 is 0 Å². The van der Waals surface area contributed by atoms with Crippen LogP contribution in [-0.4, -0.2) is 35.5 Å². The monoisotopic (exact) mass is 288 g/mol. The van der Waals surface area contributed by atoms with Gasteiger partial charge in [0.05, 0.1) is 12.5 Å². The van der Waals surface area contributed by atoms with Crippen molar-refractivity contribution in [1.29, 1.82) is 0 Å². The van der Waals surface area contributed by atoms with Gasteiger partial charge < -0.3 is 4.74 Å². The van der Waals surface area contributed by atoms with Gasteiger partial charge in [-0.2, -0.15) is 0 Å². The van der Waals surface area contributed by atoms with E-state index in [1.165, 1.54) is 11.3 Å². The minimum atomic E-state index is -0.0652. The predicted octanol–water partition coefficient (Wildman–Crippen LogP) is 2.57. The first-order valence-corrected chi connectivity index (χ1v) is 7.37. The Morgan fingerprint density at radius 2 is 2.56 bits per heavy atom. The van der Waals surface area contributed by atoms with Crippen molar-refractivity contribution in [2.75, 3.05) is 19.7 Å². The van der Waals surface area contributed by atoms with Crippen LogP contribution in [0.3, 0.4) is 0 Å². The van der Waals surface area contributed by atoms with Gasteiger partial charge in [-0.1, -0.05) is 11.6 Å². The molecular formula is C12H17ClN2O2S. The van der Waals surface area contributed by atoms with Crippen molar-refractivity contribution in [3.05, 3.63) is 15.5 Å².